The van der Waals surface area contributed by atoms with E-state index in [2.05, 4.69) is 19.8 Å². The molecule has 0 radical (unpaired) electrons. The summed E-state index contributed by atoms with van der Waals surface area (Å²) in [7, 11) is 3.58. The molecule has 1 saturated heterocycles. The number of carbonyl (C=O) groups is 4. The number of thioether (sulfide) groups is 1. The number of allylic oxidation sites excluding steroid dienone is 1. The fourth-order valence-corrected chi connectivity index (χ4v) is 5.33. The van der Waals surface area contributed by atoms with E-state index in [1.807, 2.05) is 0 Å². The highest BCUT2D eigenvalue weighted by Gasteiger charge is 2.53. The number of amides is 3. The number of hydrogen-bond acceptors (Lipinski definition) is 13. The van der Waals surface area contributed by atoms with E-state index in [1.165, 1.54) is 11.8 Å². The maximum atomic E-state index is 12.9. The lowest BCUT2D eigenvalue weighted by atomic mass is 10.0. The average molecular weight is 550 g/mol. The first-order valence-corrected chi connectivity index (χ1v) is 12.4. The van der Waals surface area contributed by atoms with E-state index in [0.717, 1.165) is 16.4 Å². The number of aromatic nitrogens is 2. The van der Waals surface area contributed by atoms with Crippen molar-refractivity contribution in [2.45, 2.75) is 11.4 Å². The summed E-state index contributed by atoms with van der Waals surface area (Å²) in [5.41, 5.74) is 10.5. The number of nitrogens with zero attached hydrogens (tertiary/aromatic N) is 6. The molecule has 37 heavy (non-hydrogen) atoms. The van der Waals surface area contributed by atoms with Gasteiger partial charge in [-0.3, -0.25) is 19.3 Å². The molecule has 2 aliphatic rings. The minimum Gasteiger partial charge on any atom is -0.543 e. The Morgan fingerprint density at radius 3 is 2.76 bits per heavy atom. The number of anilines is 1. The Morgan fingerprint density at radius 1 is 1.43 bits per heavy atom. The number of carbonyl (C=O) groups excluding carboxylic acids is 4. The Hall–Kier alpha value is -4.01. The molecule has 2 atom stereocenters. The number of carboxylic acid groups (broad SMARTS) is 1. The van der Waals surface area contributed by atoms with Crippen LogP contribution in [0.4, 0.5) is 5.13 Å². The average Bonchev–Trinajstić information content (AvgIpc) is 3.24. The van der Waals surface area contributed by atoms with Crippen molar-refractivity contribution in [3.63, 3.8) is 0 Å². The Labute approximate surface area is 219 Å². The first-order chi connectivity index (χ1) is 17.4. The van der Waals surface area contributed by atoms with Crippen LogP contribution in [0.1, 0.15) is 5.82 Å². The Balaban J connectivity index is 1.76. The SMILES string of the molecule is C[N+](C)(C/C=C/C1=C(C(=O)[O-])N2C(=O)[C@@H](NC(=O)/C(=N\OCC#N)c3nsc(N)n3)[C@H]2SC1)CC(N)=O. The van der Waals surface area contributed by atoms with E-state index >= 15 is 0 Å². The number of aliphatic carboxylic acids is 1. The number of fused-ring (bicyclic) bond motifs is 1. The summed E-state index contributed by atoms with van der Waals surface area (Å²) in [5.74, 6) is -3.47. The van der Waals surface area contributed by atoms with Crippen LogP contribution in [0.5, 0.6) is 0 Å². The van der Waals surface area contributed by atoms with Gasteiger partial charge in [-0.05, 0) is 11.6 Å². The summed E-state index contributed by atoms with van der Waals surface area (Å²) in [6, 6.07) is 0.626. The number of hydrogen-bond donors (Lipinski definition) is 3. The molecule has 0 aromatic carbocycles. The van der Waals surface area contributed by atoms with Gasteiger partial charge in [-0.2, -0.15) is 14.6 Å². The van der Waals surface area contributed by atoms with E-state index in [-0.39, 0.29) is 33.4 Å². The van der Waals surface area contributed by atoms with Crippen LogP contribution >= 0.6 is 23.3 Å². The number of nitriles is 1. The van der Waals surface area contributed by atoms with Gasteiger partial charge in [0.25, 0.3) is 17.7 Å². The summed E-state index contributed by atoms with van der Waals surface area (Å²) >= 11 is 2.05. The van der Waals surface area contributed by atoms with Gasteiger partial charge < -0.3 is 36.0 Å². The summed E-state index contributed by atoms with van der Waals surface area (Å²) in [6.45, 7) is 0.0354. The monoisotopic (exact) mass is 549 g/mol. The molecule has 0 bridgehead atoms. The summed E-state index contributed by atoms with van der Waals surface area (Å²) in [4.78, 5) is 58.6. The minimum absolute atomic E-state index is 0.0608. The lowest BCUT2D eigenvalue weighted by molar-refractivity contribution is -0.876. The molecular weight excluding hydrogens is 526 g/mol. The van der Waals surface area contributed by atoms with Crippen molar-refractivity contribution in [3.05, 3.63) is 29.2 Å². The largest absolute Gasteiger partial charge is 0.543 e. The number of primary amides is 1. The number of nitrogens with one attached hydrogen (secondary N) is 1. The summed E-state index contributed by atoms with van der Waals surface area (Å²) in [5, 5.41) is 26.0. The topological polar surface area (TPSA) is 230 Å². The maximum Gasteiger partial charge on any atom is 0.278 e. The molecule has 0 saturated carbocycles. The van der Waals surface area contributed by atoms with Crippen molar-refractivity contribution in [1.82, 2.24) is 19.6 Å². The van der Waals surface area contributed by atoms with Crippen LogP contribution in [0.2, 0.25) is 0 Å². The maximum absolute atomic E-state index is 12.9. The van der Waals surface area contributed by atoms with Gasteiger partial charge in [0.15, 0.2) is 11.7 Å². The van der Waals surface area contributed by atoms with E-state index < -0.39 is 47.4 Å². The molecule has 0 unspecified atom stereocenters. The number of oxime groups is 1. The van der Waals surface area contributed by atoms with E-state index in [9.17, 15) is 24.3 Å². The third-order valence-corrected chi connectivity index (χ3v) is 6.98. The number of carboxylic acids is 1. The van der Waals surface area contributed by atoms with Crippen LogP contribution in [0.25, 0.3) is 0 Å². The molecule has 1 aromatic rings. The first kappa shape index (κ1) is 27.6. The molecule has 1 fully saturated rings. The van der Waals surface area contributed by atoms with Crippen molar-refractivity contribution < 1.29 is 33.6 Å². The lowest BCUT2D eigenvalue weighted by Crippen LogP contribution is -2.71. The highest BCUT2D eigenvalue weighted by Crippen LogP contribution is 2.40. The molecule has 15 nitrogen and oxygen atoms in total. The van der Waals surface area contributed by atoms with Gasteiger partial charge in [0.1, 0.15) is 17.5 Å². The third-order valence-electron chi connectivity index (χ3n) is 5.13. The number of likely N-dealkylation sites (N-methyl/N-ethyl adjacent to an activating group) is 1. The second-order valence-electron chi connectivity index (χ2n) is 8.50. The molecule has 3 amide bonds. The van der Waals surface area contributed by atoms with Gasteiger partial charge in [0.2, 0.25) is 18.1 Å². The van der Waals surface area contributed by atoms with Gasteiger partial charge in [-0.1, -0.05) is 11.2 Å². The molecule has 5 N–H and O–H groups in total. The Kier molecular flexibility index (Phi) is 8.47. The molecule has 0 aliphatic carbocycles. The van der Waals surface area contributed by atoms with Crippen LogP contribution in [0.15, 0.2) is 28.6 Å². The predicted octanol–water partition coefficient (Wildman–Crippen LogP) is -3.11. The molecule has 1 aromatic heterocycles. The van der Waals surface area contributed by atoms with Gasteiger partial charge in [-0.15, -0.1) is 11.8 Å². The molecule has 196 valence electrons. The van der Waals surface area contributed by atoms with E-state index in [4.69, 9.17) is 21.6 Å². The van der Waals surface area contributed by atoms with Gasteiger partial charge in [-0.25, -0.2) is 0 Å². The molecular formula is C20H23N9O6S2. The fourth-order valence-electron chi connectivity index (χ4n) is 3.58. The van der Waals surface area contributed by atoms with Crippen molar-refractivity contribution in [2.24, 2.45) is 10.9 Å². The standard InChI is InChI=1S/C20H23N9O6S2/c1-29(2,8-11(22)30)6-3-4-10-9-36-18-13(17(32)28(18)14(10)19(33)34)24-16(31)12(26-35-7-5-21)15-25-20(23)37-27-15/h3-4,13,18H,6-9H2,1-2H3,(H5-,22,23,24,25,27,30,31,33,34)/b4-3+,26-12-/t13-,18-/m1/s1. The number of nitrogens with two attached hydrogens (primary N) is 2. The van der Waals surface area contributed by atoms with Crippen LogP contribution in [-0.4, -0.2) is 99.1 Å². The Bertz CT molecular complexity index is 1250. The normalized spacial score (nSPS) is 19.8. The van der Waals surface area contributed by atoms with Crippen LogP contribution < -0.4 is 21.9 Å². The first-order valence-electron chi connectivity index (χ1n) is 10.6. The zero-order valence-corrected chi connectivity index (χ0v) is 21.4. The summed E-state index contributed by atoms with van der Waals surface area (Å²) < 4.78 is 4.15. The second kappa shape index (κ2) is 11.4. The molecule has 2 aliphatic heterocycles. The Morgan fingerprint density at radius 2 is 2.16 bits per heavy atom. The van der Waals surface area contributed by atoms with Gasteiger partial charge in [0.05, 0.1) is 32.3 Å². The highest BCUT2D eigenvalue weighted by atomic mass is 32.2. The smallest absolute Gasteiger partial charge is 0.278 e. The second-order valence-corrected chi connectivity index (χ2v) is 10.4. The predicted molar refractivity (Wildman–Crippen MR) is 130 cm³/mol. The number of β-lactam (4-membered cyclic amide) rings is 1. The van der Waals surface area contributed by atoms with Crippen LogP contribution in [0, 0.1) is 11.3 Å². The van der Waals surface area contributed by atoms with Crippen LogP contribution in [-0.2, 0) is 24.0 Å². The van der Waals surface area contributed by atoms with Gasteiger partial charge >= 0.3 is 0 Å². The zero-order chi connectivity index (χ0) is 27.3. The fraction of sp³-hybridized carbons (Fsp3) is 0.400. The third kappa shape index (κ3) is 6.41. The molecule has 3 heterocycles. The zero-order valence-electron chi connectivity index (χ0n) is 19.7. The van der Waals surface area contributed by atoms with Crippen molar-refractivity contribution in [3.8, 4) is 6.07 Å². The van der Waals surface area contributed by atoms with E-state index in [1.54, 1.807) is 32.3 Å². The lowest BCUT2D eigenvalue weighted by Gasteiger charge is -2.50. The van der Waals surface area contributed by atoms with Crippen molar-refractivity contribution in [2.75, 3.05) is 45.3 Å². The number of nitrogen functional groups attached to an aromatic ring is 1. The van der Waals surface area contributed by atoms with Gasteiger partial charge in [0, 0.05) is 17.3 Å². The number of quaternary nitrogens is 1. The van der Waals surface area contributed by atoms with E-state index in [0.29, 0.717) is 12.1 Å². The van der Waals surface area contributed by atoms with Crippen molar-refractivity contribution >= 4 is 57.8 Å². The van der Waals surface area contributed by atoms with Crippen molar-refractivity contribution in [1.29, 1.82) is 5.26 Å². The molecule has 0 spiro atoms. The number of rotatable bonds is 11. The quantitative estimate of drug-likeness (QED) is 0.0822. The minimum atomic E-state index is -1.54. The molecule has 3 rings (SSSR count). The van der Waals surface area contributed by atoms with Crippen LogP contribution in [0.3, 0.4) is 0 Å². The summed E-state index contributed by atoms with van der Waals surface area (Å²) in [6.07, 6.45) is 3.27. The molecule has 17 heteroatoms. The highest BCUT2D eigenvalue weighted by molar-refractivity contribution is 8.00.